The number of nitrogens with two attached hydrogens (primary N) is 1. The summed E-state index contributed by atoms with van der Waals surface area (Å²) >= 11 is 0. The second-order valence-electron chi connectivity index (χ2n) is 14.0. The Balaban J connectivity index is 2.20. The number of nitrogens with zero attached hydrogens (tertiary/aromatic N) is 3. The van der Waals surface area contributed by atoms with E-state index in [-0.39, 0.29) is 34.1 Å². The lowest BCUT2D eigenvalue weighted by atomic mass is 9.89. The molecule has 0 aliphatic carbocycles. The second kappa shape index (κ2) is 10.6. The second-order valence-corrected chi connectivity index (χ2v) is 25.0. The van der Waals surface area contributed by atoms with Crippen molar-refractivity contribution in [3.05, 3.63) is 23.0 Å². The van der Waals surface area contributed by atoms with Gasteiger partial charge in [0.15, 0.2) is 28.5 Å². The SMILES string of the molecule is CC(C)NC(=O)c1cnnn1C1OC(CO[Si](C)(C)C(C)(C)C)C2(OS(=O)(=O)C=C2N)C1O[Si](C)(C)C(C)(C)C. The van der Waals surface area contributed by atoms with Crippen LogP contribution in [0.2, 0.25) is 36.3 Å². The average Bonchev–Trinajstić information content (AvgIpc) is 3.40. The predicted molar refractivity (Wildman–Crippen MR) is 157 cm³/mol. The van der Waals surface area contributed by atoms with Crippen molar-refractivity contribution in [3.63, 3.8) is 0 Å². The number of hydrogen-bond acceptors (Lipinski definition) is 10. The maximum atomic E-state index is 13.1. The fourth-order valence-corrected chi connectivity index (χ4v) is 7.63. The van der Waals surface area contributed by atoms with E-state index in [9.17, 15) is 13.2 Å². The van der Waals surface area contributed by atoms with Gasteiger partial charge in [-0.15, -0.1) is 5.10 Å². The van der Waals surface area contributed by atoms with Crippen LogP contribution in [0.5, 0.6) is 0 Å². The Bertz CT molecular complexity index is 1250. The summed E-state index contributed by atoms with van der Waals surface area (Å²) in [7, 11) is -9.09. The monoisotopic (exact) mass is 617 g/mol. The van der Waals surface area contributed by atoms with E-state index in [1.165, 1.54) is 10.9 Å². The van der Waals surface area contributed by atoms with Crippen molar-refractivity contribution in [1.29, 1.82) is 0 Å². The summed E-state index contributed by atoms with van der Waals surface area (Å²) in [4.78, 5) is 13.1. The van der Waals surface area contributed by atoms with Crippen molar-refractivity contribution in [2.75, 3.05) is 6.61 Å². The number of carbonyl (C=O) groups is 1. The van der Waals surface area contributed by atoms with Gasteiger partial charge in [-0.25, -0.2) is 8.86 Å². The number of hydrogen-bond donors (Lipinski definition) is 2. The van der Waals surface area contributed by atoms with Crippen molar-refractivity contribution in [2.24, 2.45) is 5.73 Å². The van der Waals surface area contributed by atoms with E-state index in [1.807, 2.05) is 26.9 Å². The summed E-state index contributed by atoms with van der Waals surface area (Å²) in [5, 5.41) is 11.5. The molecule has 2 aliphatic heterocycles. The molecule has 3 rings (SSSR count). The van der Waals surface area contributed by atoms with Gasteiger partial charge in [0.05, 0.1) is 23.9 Å². The maximum absolute atomic E-state index is 13.1. The molecule has 2 aliphatic rings. The van der Waals surface area contributed by atoms with E-state index in [0.717, 1.165) is 5.41 Å². The Labute approximate surface area is 240 Å². The first-order valence-electron chi connectivity index (χ1n) is 13.6. The molecule has 4 unspecified atom stereocenters. The van der Waals surface area contributed by atoms with Gasteiger partial charge in [-0.2, -0.15) is 8.42 Å². The third-order valence-corrected chi connectivity index (χ3v) is 18.5. The molecule has 1 aromatic heterocycles. The lowest BCUT2D eigenvalue weighted by Gasteiger charge is -2.43. The molecule has 1 aromatic rings. The first kappa shape index (κ1) is 32.9. The van der Waals surface area contributed by atoms with Gasteiger partial charge >= 0.3 is 0 Å². The van der Waals surface area contributed by atoms with Crippen LogP contribution in [0.4, 0.5) is 0 Å². The maximum Gasteiger partial charge on any atom is 0.292 e. The minimum Gasteiger partial charge on any atom is -0.414 e. The third kappa shape index (κ3) is 6.10. The van der Waals surface area contributed by atoms with Crippen LogP contribution >= 0.6 is 0 Å². The van der Waals surface area contributed by atoms with Crippen LogP contribution in [0.15, 0.2) is 17.3 Å². The fourth-order valence-electron chi connectivity index (χ4n) is 4.12. The number of carbonyl (C=O) groups excluding carboxylic acids is 1. The third-order valence-electron chi connectivity index (χ3n) is 8.54. The van der Waals surface area contributed by atoms with Gasteiger partial charge in [0.2, 0.25) is 0 Å². The van der Waals surface area contributed by atoms with Gasteiger partial charge in [-0.3, -0.25) is 4.79 Å². The first-order chi connectivity index (χ1) is 18.0. The predicted octanol–water partition coefficient (Wildman–Crippen LogP) is 3.62. The molecule has 0 radical (unpaired) electrons. The number of amides is 1. The highest BCUT2D eigenvalue weighted by atomic mass is 32.2. The largest absolute Gasteiger partial charge is 0.414 e. The standard InChI is InChI=1S/C25H47N5O7SSi2/c1-16(2)28-21(31)17-13-27-29-30(17)22-20(36-40(11,12)24(6,7)8)25(18(26)15-38(32,33)37-25)19(35-22)14-34-39(9,10)23(3,4)5/h13,15-16,19-20,22H,14,26H2,1-12H3,(H,28,31). The highest BCUT2D eigenvalue weighted by molar-refractivity contribution is 7.90. The Hall–Kier alpha value is -1.63. The molecule has 1 fully saturated rings. The van der Waals surface area contributed by atoms with Crippen LogP contribution in [0.3, 0.4) is 0 Å². The molecule has 1 spiro atoms. The molecule has 0 bridgehead atoms. The molecule has 40 heavy (non-hydrogen) atoms. The Morgan fingerprint density at radius 1 is 1.15 bits per heavy atom. The molecule has 3 heterocycles. The molecule has 15 heteroatoms. The normalized spacial score (nSPS) is 27.4. The fraction of sp³-hybridized carbons (Fsp3) is 0.800. The van der Waals surface area contributed by atoms with E-state index < -0.39 is 56.7 Å². The van der Waals surface area contributed by atoms with Gasteiger partial charge in [-0.05, 0) is 50.1 Å². The van der Waals surface area contributed by atoms with Crippen LogP contribution < -0.4 is 11.1 Å². The lowest BCUT2D eigenvalue weighted by Crippen LogP contribution is -2.59. The summed E-state index contributed by atoms with van der Waals surface area (Å²) < 4.78 is 52.9. The van der Waals surface area contributed by atoms with Crippen molar-refractivity contribution in [1.82, 2.24) is 20.3 Å². The van der Waals surface area contributed by atoms with Crippen molar-refractivity contribution < 1.29 is 31.0 Å². The van der Waals surface area contributed by atoms with E-state index >= 15 is 0 Å². The smallest absolute Gasteiger partial charge is 0.292 e. The summed E-state index contributed by atoms with van der Waals surface area (Å²) in [6.07, 6.45) is -1.82. The number of rotatable bonds is 8. The van der Waals surface area contributed by atoms with E-state index in [1.54, 1.807) is 0 Å². The van der Waals surface area contributed by atoms with Crippen molar-refractivity contribution in [2.45, 2.75) is 122 Å². The molecular formula is C25H47N5O7SSi2. The zero-order valence-electron chi connectivity index (χ0n) is 25.9. The zero-order chi connectivity index (χ0) is 30.7. The van der Waals surface area contributed by atoms with Crippen LogP contribution in [-0.4, -0.2) is 76.4 Å². The highest BCUT2D eigenvalue weighted by Crippen LogP contribution is 2.52. The lowest BCUT2D eigenvalue weighted by molar-refractivity contribution is -0.0601. The van der Waals surface area contributed by atoms with Gasteiger partial charge in [0.25, 0.3) is 16.0 Å². The molecular weight excluding hydrogens is 571 g/mol. The van der Waals surface area contributed by atoms with E-state index in [2.05, 4.69) is 70.3 Å². The van der Waals surface area contributed by atoms with Gasteiger partial charge in [0.1, 0.15) is 17.9 Å². The highest BCUT2D eigenvalue weighted by Gasteiger charge is 2.67. The molecule has 1 saturated heterocycles. The minimum atomic E-state index is -4.16. The quantitative estimate of drug-likeness (QED) is 0.326. The van der Waals surface area contributed by atoms with Crippen molar-refractivity contribution >= 4 is 32.7 Å². The van der Waals surface area contributed by atoms with Gasteiger partial charge in [0, 0.05) is 6.04 Å². The molecule has 1 amide bonds. The molecule has 0 aromatic carbocycles. The number of nitrogens with one attached hydrogen (secondary N) is 1. The van der Waals surface area contributed by atoms with Crippen LogP contribution in [0, 0.1) is 0 Å². The summed E-state index contributed by atoms with van der Waals surface area (Å²) in [5.41, 5.74) is 4.86. The number of ether oxygens (including phenoxy) is 1. The molecule has 0 saturated carbocycles. The Morgan fingerprint density at radius 2 is 1.73 bits per heavy atom. The number of aromatic nitrogens is 3. The molecule has 12 nitrogen and oxygen atoms in total. The summed E-state index contributed by atoms with van der Waals surface area (Å²) in [6.45, 7) is 24.5. The first-order valence-corrected chi connectivity index (χ1v) is 20.9. The minimum absolute atomic E-state index is 0.00334. The molecule has 4 atom stereocenters. The van der Waals surface area contributed by atoms with Crippen LogP contribution in [-0.2, 0) is 27.9 Å². The average molecular weight is 618 g/mol. The van der Waals surface area contributed by atoms with Gasteiger partial charge in [-0.1, -0.05) is 46.8 Å². The van der Waals surface area contributed by atoms with Crippen molar-refractivity contribution in [3.8, 4) is 0 Å². The molecule has 228 valence electrons. The van der Waals surface area contributed by atoms with Crippen LogP contribution in [0.25, 0.3) is 0 Å². The van der Waals surface area contributed by atoms with E-state index in [0.29, 0.717) is 0 Å². The van der Waals surface area contributed by atoms with Crippen LogP contribution in [0.1, 0.15) is 72.1 Å². The molecule has 3 N–H and O–H groups in total. The Kier molecular flexibility index (Phi) is 8.70. The van der Waals surface area contributed by atoms with E-state index in [4.69, 9.17) is 23.5 Å². The van der Waals surface area contributed by atoms with Gasteiger partial charge < -0.3 is 24.6 Å². The zero-order valence-corrected chi connectivity index (χ0v) is 28.7. The summed E-state index contributed by atoms with van der Waals surface area (Å²) in [6, 6.07) is -0.140. The topological polar surface area (TPSA) is 157 Å². The Morgan fingerprint density at radius 3 is 2.20 bits per heavy atom. The summed E-state index contributed by atoms with van der Waals surface area (Å²) in [5.74, 6) is -0.409.